The van der Waals surface area contributed by atoms with Crippen molar-refractivity contribution >= 4 is 27.8 Å². The molecule has 142 valence electrons. The number of fused-ring (bicyclic) bond motifs is 3. The second kappa shape index (κ2) is 7.00. The van der Waals surface area contributed by atoms with E-state index >= 15 is 0 Å². The SMILES string of the molecule is Cc1coc2c1c(C)cc1oc(=O)c(CC(=O)NCc3ccccc3)c(C)c12. The molecule has 5 nitrogen and oxygen atoms in total. The summed E-state index contributed by atoms with van der Waals surface area (Å²) in [7, 11) is 0. The van der Waals surface area contributed by atoms with E-state index in [0.29, 0.717) is 23.3 Å². The molecule has 0 unspecified atom stereocenters. The molecule has 0 atom stereocenters. The van der Waals surface area contributed by atoms with Crippen LogP contribution in [0.25, 0.3) is 21.9 Å². The second-order valence-corrected chi connectivity index (χ2v) is 7.12. The predicted octanol–water partition coefficient (Wildman–Crippen LogP) is 4.32. The molecule has 0 radical (unpaired) electrons. The minimum Gasteiger partial charge on any atom is -0.463 e. The van der Waals surface area contributed by atoms with Crippen molar-refractivity contribution < 1.29 is 13.6 Å². The van der Waals surface area contributed by atoms with Gasteiger partial charge in [-0.25, -0.2) is 4.79 Å². The topological polar surface area (TPSA) is 72.5 Å². The van der Waals surface area contributed by atoms with E-state index in [1.807, 2.05) is 57.2 Å². The van der Waals surface area contributed by atoms with Crippen molar-refractivity contribution in [1.82, 2.24) is 5.32 Å². The number of benzene rings is 2. The quantitative estimate of drug-likeness (QED) is 0.539. The maximum Gasteiger partial charge on any atom is 0.340 e. The fourth-order valence-electron chi connectivity index (χ4n) is 3.70. The number of amides is 1. The van der Waals surface area contributed by atoms with E-state index in [4.69, 9.17) is 8.83 Å². The number of rotatable bonds is 4. The van der Waals surface area contributed by atoms with Crippen LogP contribution in [0.3, 0.4) is 0 Å². The molecule has 1 amide bonds. The van der Waals surface area contributed by atoms with Gasteiger partial charge in [-0.3, -0.25) is 4.79 Å². The van der Waals surface area contributed by atoms with Gasteiger partial charge < -0.3 is 14.2 Å². The van der Waals surface area contributed by atoms with Gasteiger partial charge in [0.25, 0.3) is 0 Å². The molecule has 0 spiro atoms. The Hall–Kier alpha value is -3.34. The van der Waals surface area contributed by atoms with Crippen molar-refractivity contribution in [2.45, 2.75) is 33.7 Å². The molecule has 2 aromatic heterocycles. The van der Waals surface area contributed by atoms with Crippen LogP contribution in [0, 0.1) is 20.8 Å². The van der Waals surface area contributed by atoms with Crippen LogP contribution in [0.4, 0.5) is 0 Å². The molecule has 4 aromatic rings. The van der Waals surface area contributed by atoms with Gasteiger partial charge in [0.05, 0.1) is 23.6 Å². The summed E-state index contributed by atoms with van der Waals surface area (Å²) in [6, 6.07) is 11.5. The first-order valence-electron chi connectivity index (χ1n) is 9.20. The highest BCUT2D eigenvalue weighted by Crippen LogP contribution is 2.34. The number of aryl methyl sites for hydroxylation is 3. The maximum absolute atomic E-state index is 12.5. The zero-order valence-electron chi connectivity index (χ0n) is 16.1. The van der Waals surface area contributed by atoms with Gasteiger partial charge in [0.1, 0.15) is 11.2 Å². The smallest absolute Gasteiger partial charge is 0.340 e. The summed E-state index contributed by atoms with van der Waals surface area (Å²) < 4.78 is 11.3. The minimum atomic E-state index is -0.484. The summed E-state index contributed by atoms with van der Waals surface area (Å²) in [5.74, 6) is -0.224. The van der Waals surface area contributed by atoms with Crippen LogP contribution in [0.5, 0.6) is 0 Å². The molecular weight excluding hydrogens is 354 g/mol. The molecule has 2 heterocycles. The molecule has 0 aliphatic heterocycles. The number of hydrogen-bond acceptors (Lipinski definition) is 4. The lowest BCUT2D eigenvalue weighted by atomic mass is 9.99. The Morgan fingerprint density at radius 2 is 1.79 bits per heavy atom. The maximum atomic E-state index is 12.5. The van der Waals surface area contributed by atoms with Gasteiger partial charge in [0.2, 0.25) is 5.91 Å². The molecule has 5 heteroatoms. The summed E-state index contributed by atoms with van der Waals surface area (Å²) in [6.07, 6.45) is 1.67. The summed E-state index contributed by atoms with van der Waals surface area (Å²) in [5.41, 5.74) is 4.79. The standard InChI is InChI=1S/C23H21NO4/c1-13-9-18-21(22-20(13)14(2)12-27-22)15(3)17(23(26)28-18)10-19(25)24-11-16-7-5-4-6-8-16/h4-9,12H,10-11H2,1-3H3,(H,24,25). The summed E-state index contributed by atoms with van der Waals surface area (Å²) in [6.45, 7) is 6.20. The summed E-state index contributed by atoms with van der Waals surface area (Å²) in [4.78, 5) is 25.0. The highest BCUT2D eigenvalue weighted by molar-refractivity contribution is 6.07. The third-order valence-corrected chi connectivity index (χ3v) is 5.14. The fraction of sp³-hybridized carbons (Fsp3) is 0.217. The highest BCUT2D eigenvalue weighted by atomic mass is 16.4. The number of hydrogen-bond donors (Lipinski definition) is 1. The Kier molecular flexibility index (Phi) is 4.51. The van der Waals surface area contributed by atoms with E-state index in [9.17, 15) is 9.59 Å². The Balaban J connectivity index is 1.71. The lowest BCUT2D eigenvalue weighted by molar-refractivity contribution is -0.120. The molecule has 4 rings (SSSR count). The van der Waals surface area contributed by atoms with Crippen molar-refractivity contribution in [3.8, 4) is 0 Å². The van der Waals surface area contributed by atoms with Crippen LogP contribution in [0.1, 0.15) is 27.8 Å². The molecule has 0 fully saturated rings. The van der Waals surface area contributed by atoms with Gasteiger partial charge in [-0.05, 0) is 49.1 Å². The largest absolute Gasteiger partial charge is 0.463 e. The first kappa shape index (κ1) is 18.0. The minimum absolute atomic E-state index is 0.0357. The number of carbonyl (C=O) groups excluding carboxylic acids is 1. The van der Waals surface area contributed by atoms with Gasteiger partial charge in [0, 0.05) is 11.9 Å². The lowest BCUT2D eigenvalue weighted by Gasteiger charge is -2.10. The molecular formula is C23H21NO4. The molecule has 1 N–H and O–H groups in total. The molecule has 0 bridgehead atoms. The van der Waals surface area contributed by atoms with Gasteiger partial charge in [0.15, 0.2) is 0 Å². The average molecular weight is 375 g/mol. The third kappa shape index (κ3) is 3.09. The number of furan rings is 1. The first-order chi connectivity index (χ1) is 13.5. The molecule has 2 aromatic carbocycles. The average Bonchev–Trinajstić information content (AvgIpc) is 3.06. The molecule has 0 aliphatic rings. The van der Waals surface area contributed by atoms with Crippen molar-refractivity contribution in [3.05, 3.63) is 80.9 Å². The van der Waals surface area contributed by atoms with Gasteiger partial charge in [-0.1, -0.05) is 30.3 Å². The molecule has 0 saturated heterocycles. The van der Waals surface area contributed by atoms with E-state index in [0.717, 1.165) is 33.0 Å². The van der Waals surface area contributed by atoms with Crippen LogP contribution in [-0.4, -0.2) is 5.91 Å². The molecule has 28 heavy (non-hydrogen) atoms. The first-order valence-corrected chi connectivity index (χ1v) is 9.20. The van der Waals surface area contributed by atoms with E-state index in [2.05, 4.69) is 5.32 Å². The van der Waals surface area contributed by atoms with Crippen LogP contribution in [-0.2, 0) is 17.8 Å². The Labute approximate surface area is 162 Å². The third-order valence-electron chi connectivity index (χ3n) is 5.14. The van der Waals surface area contributed by atoms with E-state index in [1.54, 1.807) is 6.26 Å². The highest BCUT2D eigenvalue weighted by Gasteiger charge is 2.19. The van der Waals surface area contributed by atoms with Gasteiger partial charge in [-0.2, -0.15) is 0 Å². The zero-order chi connectivity index (χ0) is 19.8. The van der Waals surface area contributed by atoms with E-state index in [1.165, 1.54) is 0 Å². The van der Waals surface area contributed by atoms with Gasteiger partial charge >= 0.3 is 5.63 Å². The van der Waals surface area contributed by atoms with Crippen molar-refractivity contribution in [2.75, 3.05) is 0 Å². The Bertz CT molecular complexity index is 1250. The van der Waals surface area contributed by atoms with Crippen LogP contribution in [0.2, 0.25) is 0 Å². The lowest BCUT2D eigenvalue weighted by Crippen LogP contribution is -2.27. The Morgan fingerprint density at radius 1 is 1.04 bits per heavy atom. The monoisotopic (exact) mass is 375 g/mol. The zero-order valence-corrected chi connectivity index (χ0v) is 16.1. The fourth-order valence-corrected chi connectivity index (χ4v) is 3.70. The summed E-state index contributed by atoms with van der Waals surface area (Å²) in [5, 5.41) is 4.62. The van der Waals surface area contributed by atoms with Crippen molar-refractivity contribution in [3.63, 3.8) is 0 Å². The van der Waals surface area contributed by atoms with Crippen molar-refractivity contribution in [2.24, 2.45) is 0 Å². The van der Waals surface area contributed by atoms with Crippen LogP contribution < -0.4 is 10.9 Å². The van der Waals surface area contributed by atoms with E-state index in [-0.39, 0.29) is 12.3 Å². The van der Waals surface area contributed by atoms with Gasteiger partial charge in [-0.15, -0.1) is 0 Å². The predicted molar refractivity (Wildman–Crippen MR) is 108 cm³/mol. The number of carbonyl (C=O) groups is 1. The second-order valence-electron chi connectivity index (χ2n) is 7.12. The molecule has 0 aliphatic carbocycles. The Morgan fingerprint density at radius 3 is 2.54 bits per heavy atom. The van der Waals surface area contributed by atoms with Crippen molar-refractivity contribution in [1.29, 1.82) is 0 Å². The van der Waals surface area contributed by atoms with Crippen LogP contribution >= 0.6 is 0 Å². The molecule has 0 saturated carbocycles. The summed E-state index contributed by atoms with van der Waals surface area (Å²) >= 11 is 0. The van der Waals surface area contributed by atoms with E-state index < -0.39 is 5.63 Å². The van der Waals surface area contributed by atoms with Crippen LogP contribution in [0.15, 0.2) is 56.3 Å². The number of nitrogens with one attached hydrogen (secondary N) is 1. The normalized spacial score (nSPS) is 11.2.